The van der Waals surface area contributed by atoms with E-state index in [1.165, 1.54) is 0 Å². The van der Waals surface area contributed by atoms with E-state index in [1.54, 1.807) is 59.9 Å². The van der Waals surface area contributed by atoms with E-state index in [9.17, 15) is 13.7 Å². The number of anilines is 3. The SMILES string of the molecule is [2H]c1c([2H])c(-c2ccc3sc4ccccc4c3c2)c([2H])c(N(c2c([2H])c([2H])c(-c3cccc4ccccc34)c([2H])c2[2H])c2c([2H])c([2H])c(-c3cccc4ccccc34)c([2H])c2[2H])c1[2H]. The Bertz CT molecular complexity index is 3410. The first-order valence-electron chi connectivity index (χ1n) is 22.8. The standard InChI is InChI=1S/C50H33NS/c1-3-16-43-34(10-1)12-8-19-45(43)36-22-27-40(28-23-36)51(41-29-24-37(25-30-41)46-20-9-13-35-11-2-4-17-44(35)46)42-15-7-14-38(32-42)39-26-31-50-48(33-39)47-18-5-6-21-49(47)52-50/h1-33H/i7D,14D,15D,22D,23D,24D,25D,27D,28D,29D,30D,32D. The molecule has 0 atom stereocenters. The number of nitrogens with zero attached hydrogens (tertiary/aromatic N) is 1. The summed E-state index contributed by atoms with van der Waals surface area (Å²) in [6.07, 6.45) is 0. The summed E-state index contributed by atoms with van der Waals surface area (Å²) in [4.78, 5) is 0.908. The Kier molecular flexibility index (Phi) is 4.98. The minimum Gasteiger partial charge on any atom is -0.310 e. The molecule has 1 nitrogen and oxygen atoms in total. The zero-order chi connectivity index (χ0) is 44.9. The second kappa shape index (κ2) is 12.7. The summed E-state index contributed by atoms with van der Waals surface area (Å²) in [6, 6.07) is 31.6. The first-order valence-corrected chi connectivity index (χ1v) is 17.6. The Morgan fingerprint density at radius 3 is 1.56 bits per heavy atom. The van der Waals surface area contributed by atoms with E-state index in [1.807, 2.05) is 78.9 Å². The van der Waals surface area contributed by atoms with Gasteiger partial charge in [0.25, 0.3) is 0 Å². The van der Waals surface area contributed by atoms with Gasteiger partial charge in [-0.15, -0.1) is 11.3 Å². The number of hydrogen-bond acceptors (Lipinski definition) is 2. The summed E-state index contributed by atoms with van der Waals surface area (Å²) in [5, 5.41) is 4.72. The van der Waals surface area contributed by atoms with Crippen molar-refractivity contribution in [1.29, 1.82) is 0 Å². The molecule has 0 amide bonds. The number of benzene rings is 9. The van der Waals surface area contributed by atoms with E-state index in [-0.39, 0.29) is 16.7 Å². The van der Waals surface area contributed by atoms with Crippen LogP contribution in [0.25, 0.3) is 75.1 Å². The monoisotopic (exact) mass is 691 g/mol. The van der Waals surface area contributed by atoms with Gasteiger partial charge in [0.15, 0.2) is 0 Å². The van der Waals surface area contributed by atoms with E-state index >= 15 is 0 Å². The highest BCUT2D eigenvalue weighted by Gasteiger charge is 2.16. The highest BCUT2D eigenvalue weighted by Crippen LogP contribution is 2.41. The molecule has 0 aliphatic rings. The van der Waals surface area contributed by atoms with Crippen LogP contribution in [0.2, 0.25) is 0 Å². The lowest BCUT2D eigenvalue weighted by Gasteiger charge is -2.26. The average molecular weight is 692 g/mol. The number of rotatable bonds is 6. The van der Waals surface area contributed by atoms with Crippen molar-refractivity contribution in [2.75, 3.05) is 4.90 Å². The molecular weight excluding hydrogens is 647 g/mol. The maximum absolute atomic E-state index is 9.86. The van der Waals surface area contributed by atoms with Gasteiger partial charge in [-0.3, -0.25) is 0 Å². The lowest BCUT2D eigenvalue weighted by atomic mass is 9.97. The summed E-state index contributed by atoms with van der Waals surface area (Å²) in [6.45, 7) is 0. The average Bonchev–Trinajstić information content (AvgIpc) is 3.68. The van der Waals surface area contributed by atoms with Crippen LogP contribution in [0.3, 0.4) is 0 Å². The zero-order valence-electron chi connectivity index (χ0n) is 39.5. The molecule has 1 aromatic heterocycles. The Morgan fingerprint density at radius 1 is 0.385 bits per heavy atom. The molecule has 0 unspecified atom stereocenters. The van der Waals surface area contributed by atoms with Crippen LogP contribution in [0.5, 0.6) is 0 Å². The van der Waals surface area contributed by atoms with Crippen molar-refractivity contribution in [3.63, 3.8) is 0 Å². The summed E-state index contributed by atoms with van der Waals surface area (Å²) in [7, 11) is 0. The smallest absolute Gasteiger partial charge is 0.0651 e. The molecule has 10 rings (SSSR count). The largest absolute Gasteiger partial charge is 0.310 e. The fourth-order valence-electron chi connectivity index (χ4n) is 6.80. The van der Waals surface area contributed by atoms with E-state index < -0.39 is 89.6 Å². The molecular formula is C50H33NS. The van der Waals surface area contributed by atoms with Gasteiger partial charge in [0.05, 0.1) is 16.4 Å². The van der Waals surface area contributed by atoms with Crippen LogP contribution in [0.15, 0.2) is 200 Å². The summed E-state index contributed by atoms with van der Waals surface area (Å²) in [5.74, 6) is 0. The van der Waals surface area contributed by atoms with Crippen molar-refractivity contribution < 1.29 is 16.4 Å². The van der Waals surface area contributed by atoms with Gasteiger partial charge in [-0.2, -0.15) is 0 Å². The van der Waals surface area contributed by atoms with Crippen LogP contribution in [0, 0.1) is 0 Å². The van der Waals surface area contributed by atoms with Crippen LogP contribution in [-0.2, 0) is 0 Å². The van der Waals surface area contributed by atoms with Gasteiger partial charge in [0.2, 0.25) is 0 Å². The van der Waals surface area contributed by atoms with Gasteiger partial charge >= 0.3 is 0 Å². The molecule has 0 spiro atoms. The Labute approximate surface area is 324 Å². The van der Waals surface area contributed by atoms with Gasteiger partial charge in [-0.05, 0) is 109 Å². The molecule has 0 aliphatic carbocycles. The van der Waals surface area contributed by atoms with Gasteiger partial charge in [0.1, 0.15) is 0 Å². The molecule has 0 N–H and O–H groups in total. The van der Waals surface area contributed by atoms with Crippen LogP contribution in [-0.4, -0.2) is 0 Å². The summed E-state index contributed by atoms with van der Waals surface area (Å²) >= 11 is 1.57. The molecule has 0 fully saturated rings. The van der Waals surface area contributed by atoms with Crippen molar-refractivity contribution in [3.05, 3.63) is 200 Å². The minimum absolute atomic E-state index is 0.0294. The maximum Gasteiger partial charge on any atom is 0.0651 e. The highest BCUT2D eigenvalue weighted by molar-refractivity contribution is 7.25. The van der Waals surface area contributed by atoms with Crippen molar-refractivity contribution in [1.82, 2.24) is 0 Å². The molecule has 2 heteroatoms. The zero-order valence-corrected chi connectivity index (χ0v) is 28.3. The lowest BCUT2D eigenvalue weighted by molar-refractivity contribution is 1.28. The molecule has 0 radical (unpaired) electrons. The lowest BCUT2D eigenvalue weighted by Crippen LogP contribution is -2.10. The predicted octanol–water partition coefficient (Wildman–Crippen LogP) is 14.8. The molecule has 0 saturated heterocycles. The van der Waals surface area contributed by atoms with Gasteiger partial charge < -0.3 is 4.90 Å². The fraction of sp³-hybridized carbons (Fsp3) is 0. The molecule has 0 aliphatic heterocycles. The quantitative estimate of drug-likeness (QED) is 0.168. The third-order valence-corrected chi connectivity index (χ3v) is 10.4. The third-order valence-electron chi connectivity index (χ3n) is 9.29. The number of thiophene rings is 1. The van der Waals surface area contributed by atoms with E-state index in [0.717, 1.165) is 35.8 Å². The molecule has 244 valence electrons. The normalized spacial score (nSPS) is 14.7. The number of fused-ring (bicyclic) bond motifs is 5. The maximum atomic E-state index is 9.86. The topological polar surface area (TPSA) is 3.24 Å². The summed E-state index contributed by atoms with van der Waals surface area (Å²) < 4.78 is 116. The second-order valence-electron chi connectivity index (χ2n) is 12.4. The van der Waals surface area contributed by atoms with Crippen molar-refractivity contribution in [2.45, 2.75) is 0 Å². The van der Waals surface area contributed by atoms with Crippen LogP contribution in [0.4, 0.5) is 17.1 Å². The van der Waals surface area contributed by atoms with Crippen LogP contribution < -0.4 is 4.90 Å². The third kappa shape index (κ3) is 5.33. The highest BCUT2D eigenvalue weighted by atomic mass is 32.1. The molecule has 1 heterocycles. The fourth-order valence-corrected chi connectivity index (χ4v) is 7.88. The van der Waals surface area contributed by atoms with Crippen molar-refractivity contribution >= 4 is 70.1 Å². The van der Waals surface area contributed by atoms with Gasteiger partial charge in [-0.25, -0.2) is 0 Å². The van der Waals surface area contributed by atoms with E-state index in [0.29, 0.717) is 27.5 Å². The first-order chi connectivity index (χ1) is 30.8. The van der Waals surface area contributed by atoms with E-state index in [2.05, 4.69) is 0 Å². The Balaban J connectivity index is 1.31. The first kappa shape index (κ1) is 20.4. The van der Waals surface area contributed by atoms with Gasteiger partial charge in [-0.1, -0.05) is 145 Å². The summed E-state index contributed by atoms with van der Waals surface area (Å²) in [5.41, 5.74) is -0.556. The molecule has 0 saturated carbocycles. The van der Waals surface area contributed by atoms with Crippen LogP contribution >= 0.6 is 11.3 Å². The Morgan fingerprint density at radius 2 is 0.923 bits per heavy atom. The van der Waals surface area contributed by atoms with Gasteiger partial charge in [0, 0.05) is 37.2 Å². The minimum atomic E-state index is -0.717. The van der Waals surface area contributed by atoms with Crippen LogP contribution in [0.1, 0.15) is 16.4 Å². The molecule has 10 aromatic rings. The Hall–Kier alpha value is -6.48. The second-order valence-corrected chi connectivity index (χ2v) is 13.5. The number of hydrogen-bond donors (Lipinski definition) is 0. The molecule has 52 heavy (non-hydrogen) atoms. The van der Waals surface area contributed by atoms with Crippen molar-refractivity contribution in [3.8, 4) is 33.4 Å². The van der Waals surface area contributed by atoms with E-state index in [4.69, 9.17) is 2.74 Å². The van der Waals surface area contributed by atoms with Crippen molar-refractivity contribution in [2.24, 2.45) is 0 Å². The predicted molar refractivity (Wildman–Crippen MR) is 225 cm³/mol. The molecule has 9 aromatic carbocycles. The molecule has 0 bridgehead atoms.